The molecule has 16 aromatic rings. The largest absolute Gasteiger partial charge is 0.508 e. The number of nitriles is 1. The maximum Gasteiger partial charge on any atom is 0.153 e. The van der Waals surface area contributed by atoms with E-state index in [-0.39, 0.29) is 42.6 Å². The van der Waals surface area contributed by atoms with E-state index in [0.29, 0.717) is 73.4 Å². The van der Waals surface area contributed by atoms with Gasteiger partial charge in [0, 0.05) is 82.7 Å². The third kappa shape index (κ3) is 14.6. The van der Waals surface area contributed by atoms with Gasteiger partial charge in [-0.15, -0.1) is 0 Å². The van der Waals surface area contributed by atoms with Gasteiger partial charge in [-0.1, -0.05) is 121 Å². The Hall–Kier alpha value is -13.7. The van der Waals surface area contributed by atoms with Crippen LogP contribution in [-0.2, 0) is 19.6 Å². The molecule has 0 saturated heterocycles. The number of phenolic OH excluding ortho intramolecular Hbond substituents is 4. The monoisotopic (exact) mass is 1390 g/mol. The molecule has 0 fully saturated rings. The highest BCUT2D eigenvalue weighted by molar-refractivity contribution is 6.09. The molecule has 0 atom stereocenters. The van der Waals surface area contributed by atoms with Crippen molar-refractivity contribution in [1.82, 2.24) is 0 Å². The SMILES string of the molecule is COc1ccc(-c2oc3c(C=O)cc(OC)cc3c2-c2ccccc2)cc1.COc1ccc(-c2oc3c(CO)cc(OC)cc3c2-c2ccccc2)cc1.N#CCc1cc(O)cc2c(-c3ccccc3)c(-c3ccc(O)cc3)oc12.OCc1cc(O)cc2c(-c3ccccc3)c(-c3ccc(O)cc3)oc12. The number of aldehydes is 1. The van der Waals surface area contributed by atoms with Crippen LogP contribution in [0.1, 0.15) is 27.0 Å². The van der Waals surface area contributed by atoms with Gasteiger partial charge in [0.2, 0.25) is 0 Å². The second-order valence-corrected chi connectivity index (χ2v) is 24.2. The number of phenols is 4. The van der Waals surface area contributed by atoms with E-state index in [2.05, 4.69) is 18.2 Å². The number of methoxy groups -OCH3 is 4. The minimum atomic E-state index is -0.234. The van der Waals surface area contributed by atoms with E-state index < -0.39 is 0 Å². The second-order valence-electron chi connectivity index (χ2n) is 24.2. The van der Waals surface area contributed by atoms with Gasteiger partial charge < -0.3 is 67.3 Å². The van der Waals surface area contributed by atoms with Crippen LogP contribution in [0.15, 0.2) is 285 Å². The zero-order chi connectivity index (χ0) is 73.1. The third-order valence-corrected chi connectivity index (χ3v) is 17.8. The molecule has 0 radical (unpaired) electrons. The lowest BCUT2D eigenvalue weighted by Gasteiger charge is -2.06. The Bertz CT molecular complexity index is 5740. The third-order valence-electron chi connectivity index (χ3n) is 17.8. The quantitative estimate of drug-likeness (QED) is 0.0492. The van der Waals surface area contributed by atoms with Crippen molar-refractivity contribution in [3.05, 3.63) is 289 Å². The summed E-state index contributed by atoms with van der Waals surface area (Å²) in [6, 6.07) is 84.3. The van der Waals surface area contributed by atoms with Crippen molar-refractivity contribution in [2.75, 3.05) is 28.4 Å². The number of carbonyl (C=O) groups excluding carboxylic acids is 1. The number of hydrogen-bond donors (Lipinski definition) is 6. The number of benzene rings is 12. The number of carbonyl (C=O) groups is 1. The average Bonchev–Trinajstić information content (AvgIpc) is 1.63. The summed E-state index contributed by atoms with van der Waals surface area (Å²) >= 11 is 0. The van der Waals surface area contributed by atoms with Gasteiger partial charge in [-0.3, -0.25) is 4.79 Å². The van der Waals surface area contributed by atoms with Crippen LogP contribution in [0.2, 0.25) is 0 Å². The van der Waals surface area contributed by atoms with E-state index in [9.17, 15) is 35.4 Å². The highest BCUT2D eigenvalue weighted by Crippen LogP contribution is 2.49. The molecule has 4 aromatic heterocycles. The summed E-state index contributed by atoms with van der Waals surface area (Å²) in [7, 11) is 6.48. The molecule has 105 heavy (non-hydrogen) atoms. The van der Waals surface area contributed by atoms with Crippen molar-refractivity contribution in [3.8, 4) is 142 Å². The molecular formula is C89H69NO15. The Morgan fingerprint density at radius 2 is 0.619 bits per heavy atom. The van der Waals surface area contributed by atoms with E-state index >= 15 is 0 Å². The van der Waals surface area contributed by atoms with E-state index in [1.807, 2.05) is 170 Å². The number of rotatable bonds is 16. The normalized spacial score (nSPS) is 10.9. The van der Waals surface area contributed by atoms with E-state index in [1.165, 1.54) is 6.07 Å². The van der Waals surface area contributed by atoms with Crippen LogP contribution >= 0.6 is 0 Å². The van der Waals surface area contributed by atoms with Gasteiger partial charge in [0.25, 0.3) is 0 Å². The van der Waals surface area contributed by atoms with Crippen LogP contribution in [0.5, 0.6) is 46.0 Å². The first-order valence-electron chi connectivity index (χ1n) is 33.3. The highest BCUT2D eigenvalue weighted by Gasteiger charge is 2.26. The smallest absolute Gasteiger partial charge is 0.153 e. The summed E-state index contributed by atoms with van der Waals surface area (Å²) in [5.41, 5.74) is 15.7. The number of nitrogens with zero attached hydrogens (tertiary/aromatic N) is 1. The summed E-state index contributed by atoms with van der Waals surface area (Å²) in [6.07, 6.45) is 0.933. The van der Waals surface area contributed by atoms with Gasteiger partial charge in [-0.2, -0.15) is 5.26 Å². The molecule has 0 amide bonds. The fourth-order valence-corrected chi connectivity index (χ4v) is 12.8. The average molecular weight is 1390 g/mol. The van der Waals surface area contributed by atoms with Gasteiger partial charge in [0.1, 0.15) is 91.4 Å². The topological polar surface area (TPSA) is 252 Å². The maximum atomic E-state index is 11.6. The zero-order valence-electron chi connectivity index (χ0n) is 57.4. The molecule has 16 rings (SSSR count). The molecule has 0 aliphatic heterocycles. The number of furan rings is 4. The van der Waals surface area contributed by atoms with Gasteiger partial charge in [-0.05, 0) is 168 Å². The predicted octanol–water partition coefficient (Wildman–Crippen LogP) is 20.8. The molecule has 12 aromatic carbocycles. The summed E-state index contributed by atoms with van der Waals surface area (Å²) in [6.45, 7) is -0.362. The lowest BCUT2D eigenvalue weighted by atomic mass is 9.97. The number of aliphatic hydroxyl groups excluding tert-OH is 2. The van der Waals surface area contributed by atoms with Crippen LogP contribution in [-0.4, -0.2) is 65.4 Å². The lowest BCUT2D eigenvalue weighted by molar-refractivity contribution is 0.112. The van der Waals surface area contributed by atoms with Crippen LogP contribution in [0.3, 0.4) is 0 Å². The number of ether oxygens (including phenoxy) is 4. The molecule has 0 bridgehead atoms. The van der Waals surface area contributed by atoms with Crippen molar-refractivity contribution in [3.63, 3.8) is 0 Å². The Kier molecular flexibility index (Phi) is 20.9. The Morgan fingerprint density at radius 3 is 0.952 bits per heavy atom. The first-order valence-corrected chi connectivity index (χ1v) is 33.3. The Labute approximate surface area is 603 Å². The molecule has 4 heterocycles. The molecule has 0 spiro atoms. The van der Waals surface area contributed by atoms with Gasteiger partial charge in [-0.25, -0.2) is 0 Å². The molecule has 0 unspecified atom stereocenters. The summed E-state index contributed by atoms with van der Waals surface area (Å²) < 4.78 is 46.1. The minimum Gasteiger partial charge on any atom is -0.508 e. The number of aromatic hydroxyl groups is 4. The van der Waals surface area contributed by atoms with Crippen molar-refractivity contribution in [2.24, 2.45) is 0 Å². The Balaban J connectivity index is 0.000000124. The summed E-state index contributed by atoms with van der Waals surface area (Å²) in [5.74, 6) is 6.10. The molecule has 0 aliphatic rings. The molecule has 520 valence electrons. The van der Waals surface area contributed by atoms with Crippen molar-refractivity contribution in [1.29, 1.82) is 5.26 Å². The van der Waals surface area contributed by atoms with E-state index in [0.717, 1.165) is 112 Å². The highest BCUT2D eigenvalue weighted by atomic mass is 16.5. The van der Waals surface area contributed by atoms with Crippen LogP contribution < -0.4 is 18.9 Å². The maximum absolute atomic E-state index is 11.6. The Morgan fingerprint density at radius 1 is 0.324 bits per heavy atom. The van der Waals surface area contributed by atoms with Gasteiger partial charge >= 0.3 is 0 Å². The predicted molar refractivity (Wildman–Crippen MR) is 408 cm³/mol. The van der Waals surface area contributed by atoms with Crippen molar-refractivity contribution >= 4 is 50.2 Å². The fraction of sp³-hybridized carbons (Fsp3) is 0.0787. The number of hydrogen-bond acceptors (Lipinski definition) is 16. The molecule has 6 N–H and O–H groups in total. The van der Waals surface area contributed by atoms with E-state index in [1.54, 1.807) is 107 Å². The standard InChI is InChI=1S/C23H20O4.C23H18O4.C22H15NO3.C21H16O4/c2*1-25-18-10-8-16(9-11-18)23-21(15-6-4-3-5-7-15)20-13-19(26-2)12-17(14-24)22(20)27-23;23-11-10-16-12-18(25)13-19-20(14-4-2-1-3-5-14)22(26-21(16)19)15-6-8-17(24)9-7-15;22-12-15-10-17(24)11-18-19(13-4-2-1-3-5-13)21(25-20(15)18)14-6-8-16(23)9-7-14/h3-13,24H,14H2,1-2H3;3-14H,1-2H3;1-9,12-13,24-25H,10H2;1-11,22-24H,12H2. The minimum absolute atomic E-state index is 0.0757. The van der Waals surface area contributed by atoms with Gasteiger partial charge in [0.05, 0.1) is 59.7 Å². The van der Waals surface area contributed by atoms with Gasteiger partial charge in [0.15, 0.2) is 6.29 Å². The first-order chi connectivity index (χ1) is 51.3. The lowest BCUT2D eigenvalue weighted by Crippen LogP contribution is -1.89. The zero-order valence-corrected chi connectivity index (χ0v) is 57.4. The molecule has 16 heteroatoms. The van der Waals surface area contributed by atoms with Crippen LogP contribution in [0.4, 0.5) is 0 Å². The van der Waals surface area contributed by atoms with Crippen molar-refractivity contribution in [2.45, 2.75) is 19.6 Å². The number of aliphatic hydroxyl groups is 2. The molecule has 0 aliphatic carbocycles. The fourth-order valence-electron chi connectivity index (χ4n) is 12.8. The summed E-state index contributed by atoms with van der Waals surface area (Å²) in [4.78, 5) is 11.6. The molecule has 16 nitrogen and oxygen atoms in total. The molecular weight excluding hydrogens is 1320 g/mol. The summed E-state index contributed by atoms with van der Waals surface area (Å²) in [5, 5.41) is 71.1. The molecule has 0 saturated carbocycles. The first kappa shape index (κ1) is 69.7. The van der Waals surface area contributed by atoms with Crippen LogP contribution in [0, 0.1) is 11.3 Å². The van der Waals surface area contributed by atoms with Crippen LogP contribution in [0.25, 0.3) is 134 Å². The van der Waals surface area contributed by atoms with E-state index in [4.69, 9.17) is 41.9 Å². The second kappa shape index (κ2) is 31.4. The van der Waals surface area contributed by atoms with Crippen molar-refractivity contribution < 1.29 is 72.0 Å². The number of fused-ring (bicyclic) bond motifs is 4.